The van der Waals surface area contributed by atoms with Gasteiger partial charge in [0.1, 0.15) is 6.10 Å². The molecule has 1 aliphatic rings. The maximum Gasteiger partial charge on any atom is 0.233 e. The molecule has 1 aromatic rings. The highest BCUT2D eigenvalue weighted by atomic mass is 32.2. The normalized spacial score (nSPS) is 19.3. The smallest absolute Gasteiger partial charge is 0.233 e. The van der Waals surface area contributed by atoms with Gasteiger partial charge < -0.3 is 9.64 Å². The molecule has 22 heavy (non-hydrogen) atoms. The van der Waals surface area contributed by atoms with Gasteiger partial charge in [0.15, 0.2) is 5.82 Å². The summed E-state index contributed by atoms with van der Waals surface area (Å²) in [6.45, 7) is 2.89. The predicted octanol–water partition coefficient (Wildman–Crippen LogP) is 1.13. The molecule has 0 spiro atoms. The summed E-state index contributed by atoms with van der Waals surface area (Å²) in [6.07, 6.45) is 2.10. The molecule has 0 bridgehead atoms. The van der Waals surface area contributed by atoms with Crippen molar-refractivity contribution in [3.63, 3.8) is 0 Å². The minimum atomic E-state index is -3.15. The molecule has 7 nitrogen and oxygen atoms in total. The summed E-state index contributed by atoms with van der Waals surface area (Å²) in [4.78, 5) is 1.86. The number of sulfonamides is 1. The van der Waals surface area contributed by atoms with Gasteiger partial charge in [-0.1, -0.05) is 13.3 Å². The molecule has 0 saturated carbocycles. The number of anilines is 1. The van der Waals surface area contributed by atoms with E-state index in [0.717, 1.165) is 12.2 Å². The molecule has 0 N–H and O–H groups in total. The Balaban J connectivity index is 1.91. The lowest BCUT2D eigenvalue weighted by atomic mass is 10.3. The van der Waals surface area contributed by atoms with Crippen molar-refractivity contribution in [3.8, 4) is 5.88 Å². The molecule has 2 heterocycles. The Bertz CT molecular complexity index is 574. The topological polar surface area (TPSA) is 75.6 Å². The van der Waals surface area contributed by atoms with Crippen molar-refractivity contribution in [2.24, 2.45) is 0 Å². The van der Waals surface area contributed by atoms with E-state index in [0.29, 0.717) is 31.8 Å². The molecule has 1 aliphatic heterocycles. The van der Waals surface area contributed by atoms with E-state index in [2.05, 4.69) is 10.2 Å². The van der Waals surface area contributed by atoms with Gasteiger partial charge in [-0.05, 0) is 18.9 Å². The maximum absolute atomic E-state index is 12.1. The Morgan fingerprint density at radius 3 is 2.73 bits per heavy atom. The Morgan fingerprint density at radius 1 is 1.36 bits per heavy atom. The molecule has 2 rings (SSSR count). The van der Waals surface area contributed by atoms with Gasteiger partial charge in [0.25, 0.3) is 0 Å². The van der Waals surface area contributed by atoms with E-state index in [1.165, 1.54) is 4.31 Å². The third kappa shape index (κ3) is 4.30. The Hall–Kier alpha value is -1.41. The van der Waals surface area contributed by atoms with Crippen LogP contribution in [0.1, 0.15) is 26.2 Å². The number of rotatable bonds is 7. The van der Waals surface area contributed by atoms with Crippen LogP contribution >= 0.6 is 0 Å². The number of hydrogen-bond donors (Lipinski definition) is 0. The zero-order valence-corrected chi connectivity index (χ0v) is 14.2. The summed E-state index contributed by atoms with van der Waals surface area (Å²) in [5, 5.41) is 8.07. The molecule has 0 radical (unpaired) electrons. The van der Waals surface area contributed by atoms with Crippen molar-refractivity contribution >= 4 is 15.8 Å². The van der Waals surface area contributed by atoms with E-state index in [-0.39, 0.29) is 11.9 Å². The third-order valence-corrected chi connectivity index (χ3v) is 5.55. The van der Waals surface area contributed by atoms with Gasteiger partial charge in [0, 0.05) is 26.7 Å². The monoisotopic (exact) mass is 328 g/mol. The van der Waals surface area contributed by atoms with Crippen molar-refractivity contribution < 1.29 is 13.2 Å². The lowest BCUT2D eigenvalue weighted by Gasteiger charge is -2.17. The summed E-state index contributed by atoms with van der Waals surface area (Å²) < 4.78 is 31.6. The third-order valence-electron chi connectivity index (χ3n) is 3.63. The van der Waals surface area contributed by atoms with Crippen molar-refractivity contribution in [1.82, 2.24) is 14.5 Å². The van der Waals surface area contributed by atoms with E-state index >= 15 is 0 Å². The molecule has 0 aliphatic carbocycles. The van der Waals surface area contributed by atoms with Crippen LogP contribution < -0.4 is 9.64 Å². The highest BCUT2D eigenvalue weighted by Crippen LogP contribution is 2.20. The first kappa shape index (κ1) is 17.0. The van der Waals surface area contributed by atoms with Crippen molar-refractivity contribution in [1.29, 1.82) is 0 Å². The first-order valence-corrected chi connectivity index (χ1v) is 9.19. The molecule has 0 amide bonds. The van der Waals surface area contributed by atoms with Crippen LogP contribution in [0.25, 0.3) is 0 Å². The second-order valence-corrected chi connectivity index (χ2v) is 7.77. The summed E-state index contributed by atoms with van der Waals surface area (Å²) in [6, 6.07) is 3.59. The average Bonchev–Trinajstić information content (AvgIpc) is 2.95. The number of unbranched alkanes of at least 4 members (excludes halogenated alkanes) is 1. The van der Waals surface area contributed by atoms with Crippen molar-refractivity contribution in [3.05, 3.63) is 12.1 Å². The molecule has 124 valence electrons. The van der Waals surface area contributed by atoms with Gasteiger partial charge in [0.05, 0.1) is 12.3 Å². The van der Waals surface area contributed by atoms with Crippen molar-refractivity contribution in [2.75, 3.05) is 37.8 Å². The fourth-order valence-electron chi connectivity index (χ4n) is 2.29. The van der Waals surface area contributed by atoms with Crippen LogP contribution in [-0.2, 0) is 10.0 Å². The fraction of sp³-hybridized carbons (Fsp3) is 0.714. The lowest BCUT2D eigenvalue weighted by molar-refractivity contribution is 0.204. The summed E-state index contributed by atoms with van der Waals surface area (Å²) in [7, 11) is 0.624. The fourth-order valence-corrected chi connectivity index (χ4v) is 3.98. The molecule has 1 fully saturated rings. The molecule has 0 unspecified atom stereocenters. The van der Waals surface area contributed by atoms with E-state index in [9.17, 15) is 8.42 Å². The Kier molecular flexibility index (Phi) is 5.57. The molecule has 1 aromatic heterocycles. The number of hydrogen-bond acceptors (Lipinski definition) is 6. The van der Waals surface area contributed by atoms with Crippen molar-refractivity contribution in [2.45, 2.75) is 32.3 Å². The largest absolute Gasteiger partial charge is 0.472 e. The van der Waals surface area contributed by atoms with Gasteiger partial charge in [0.2, 0.25) is 15.9 Å². The second-order valence-electron chi connectivity index (χ2n) is 5.68. The minimum Gasteiger partial charge on any atom is -0.472 e. The van der Waals surface area contributed by atoms with E-state index in [1.807, 2.05) is 32.0 Å². The minimum absolute atomic E-state index is 0.157. The molecule has 1 saturated heterocycles. The maximum atomic E-state index is 12.1. The zero-order chi connectivity index (χ0) is 16.2. The van der Waals surface area contributed by atoms with Gasteiger partial charge in [-0.3, -0.25) is 0 Å². The number of ether oxygens (including phenoxy) is 1. The van der Waals surface area contributed by atoms with Gasteiger partial charge >= 0.3 is 0 Å². The Labute approximate surface area is 132 Å². The molecule has 1 atom stereocenters. The number of nitrogens with zero attached hydrogens (tertiary/aromatic N) is 4. The van der Waals surface area contributed by atoms with Crippen LogP contribution in [0.5, 0.6) is 5.88 Å². The zero-order valence-electron chi connectivity index (χ0n) is 13.4. The van der Waals surface area contributed by atoms with Crippen LogP contribution in [0.2, 0.25) is 0 Å². The van der Waals surface area contributed by atoms with E-state index in [1.54, 1.807) is 6.07 Å². The molecular weight excluding hydrogens is 304 g/mol. The summed E-state index contributed by atoms with van der Waals surface area (Å²) in [5.74, 6) is 1.40. The van der Waals surface area contributed by atoms with Crippen LogP contribution in [0, 0.1) is 0 Å². The van der Waals surface area contributed by atoms with E-state index < -0.39 is 10.0 Å². The second kappa shape index (κ2) is 7.23. The SMILES string of the molecule is CCCCS(=O)(=O)N1CC[C@H](Oc2ccc(N(C)C)nn2)C1. The van der Waals surface area contributed by atoms with Crippen LogP contribution in [0.15, 0.2) is 12.1 Å². The van der Waals surface area contributed by atoms with Gasteiger partial charge in [-0.25, -0.2) is 8.42 Å². The van der Waals surface area contributed by atoms with Gasteiger partial charge in [-0.2, -0.15) is 4.31 Å². The quantitative estimate of drug-likeness (QED) is 0.747. The first-order chi connectivity index (χ1) is 10.4. The summed E-state index contributed by atoms with van der Waals surface area (Å²) in [5.41, 5.74) is 0. The summed E-state index contributed by atoms with van der Waals surface area (Å²) >= 11 is 0. The highest BCUT2D eigenvalue weighted by molar-refractivity contribution is 7.89. The Morgan fingerprint density at radius 2 is 2.14 bits per heavy atom. The first-order valence-electron chi connectivity index (χ1n) is 7.58. The number of aromatic nitrogens is 2. The lowest BCUT2D eigenvalue weighted by Crippen LogP contribution is -2.32. The van der Waals surface area contributed by atoms with Crippen LogP contribution in [0.4, 0.5) is 5.82 Å². The highest BCUT2D eigenvalue weighted by Gasteiger charge is 2.32. The van der Waals surface area contributed by atoms with E-state index in [4.69, 9.17) is 4.74 Å². The average molecular weight is 328 g/mol. The van der Waals surface area contributed by atoms with Gasteiger partial charge in [-0.15, -0.1) is 10.2 Å². The van der Waals surface area contributed by atoms with Crippen LogP contribution in [0.3, 0.4) is 0 Å². The predicted molar refractivity (Wildman–Crippen MR) is 85.7 cm³/mol. The standard InChI is InChI=1S/C14H24N4O3S/c1-4-5-10-22(19,20)18-9-8-12(11-18)21-14-7-6-13(15-16-14)17(2)3/h6-7,12H,4-5,8-11H2,1-3H3/t12-/m0/s1. The molecule has 0 aromatic carbocycles. The molecule has 8 heteroatoms. The van der Waals surface area contributed by atoms with Crippen LogP contribution in [-0.4, -0.2) is 62.0 Å². The molecular formula is C14H24N4O3S.